The van der Waals surface area contributed by atoms with Gasteiger partial charge in [0.15, 0.2) is 0 Å². The predicted octanol–water partition coefficient (Wildman–Crippen LogP) is 3.20. The van der Waals surface area contributed by atoms with E-state index < -0.39 is 10.0 Å². The number of nitrogens with zero attached hydrogens (tertiary/aromatic N) is 4. The Balaban J connectivity index is 1.73. The van der Waals surface area contributed by atoms with Crippen LogP contribution in [0, 0.1) is 5.92 Å². The van der Waals surface area contributed by atoms with Crippen LogP contribution in [-0.4, -0.2) is 82.1 Å². The molecule has 0 amide bonds. The van der Waals surface area contributed by atoms with Crippen molar-refractivity contribution in [2.75, 3.05) is 58.9 Å². The van der Waals surface area contributed by atoms with Gasteiger partial charge < -0.3 is 14.5 Å². The summed E-state index contributed by atoms with van der Waals surface area (Å²) in [6.07, 6.45) is 7.94. The molecule has 1 aromatic heterocycles. The fourth-order valence-corrected chi connectivity index (χ4v) is 6.37. The van der Waals surface area contributed by atoms with E-state index in [1.807, 2.05) is 18.3 Å². The Kier molecular flexibility index (Phi) is 6.77. The molecule has 4 rings (SSSR count). The second kappa shape index (κ2) is 9.25. The molecule has 0 radical (unpaired) electrons. The average molecular weight is 461 g/mol. The fraction of sp³-hybridized carbons (Fsp3) is 0.625. The lowest BCUT2D eigenvalue weighted by Crippen LogP contribution is -2.54. The van der Waals surface area contributed by atoms with Crippen molar-refractivity contribution >= 4 is 26.5 Å². The van der Waals surface area contributed by atoms with Gasteiger partial charge in [-0.3, -0.25) is 4.98 Å². The molecule has 0 spiro atoms. The largest absolute Gasteiger partial charge is 0.383 e. The maximum absolute atomic E-state index is 13.7. The molecule has 2 heterocycles. The van der Waals surface area contributed by atoms with Crippen molar-refractivity contribution in [2.24, 2.45) is 5.92 Å². The van der Waals surface area contributed by atoms with Crippen LogP contribution in [0.5, 0.6) is 0 Å². The van der Waals surface area contributed by atoms with Crippen LogP contribution in [0.2, 0.25) is 0 Å². The molecule has 8 heteroatoms. The zero-order valence-corrected chi connectivity index (χ0v) is 20.6. The van der Waals surface area contributed by atoms with Crippen LogP contribution in [-0.2, 0) is 14.8 Å². The minimum atomic E-state index is -3.64. The van der Waals surface area contributed by atoms with E-state index in [4.69, 9.17) is 4.74 Å². The molecular formula is C24H36N4O3S. The van der Waals surface area contributed by atoms with Gasteiger partial charge in [0.2, 0.25) is 10.0 Å². The van der Waals surface area contributed by atoms with Crippen LogP contribution < -0.4 is 4.90 Å². The third kappa shape index (κ3) is 4.64. The number of hydrogen-bond donors (Lipinski definition) is 0. The van der Waals surface area contributed by atoms with Gasteiger partial charge in [0.25, 0.3) is 0 Å². The summed E-state index contributed by atoms with van der Waals surface area (Å²) in [4.78, 5) is 9.40. The summed E-state index contributed by atoms with van der Waals surface area (Å²) < 4.78 is 34.3. The molecule has 2 fully saturated rings. The monoisotopic (exact) mass is 460 g/mol. The Morgan fingerprint density at radius 2 is 2.00 bits per heavy atom. The van der Waals surface area contributed by atoms with Crippen molar-refractivity contribution in [1.29, 1.82) is 0 Å². The molecule has 0 N–H and O–H groups in total. The van der Waals surface area contributed by atoms with Gasteiger partial charge in [-0.25, -0.2) is 8.42 Å². The Hall–Kier alpha value is -1.74. The molecule has 1 atom stereocenters. The number of aromatic nitrogens is 1. The highest BCUT2D eigenvalue weighted by atomic mass is 32.2. The van der Waals surface area contributed by atoms with Crippen LogP contribution in [0.4, 0.5) is 5.69 Å². The molecule has 1 unspecified atom stereocenters. The van der Waals surface area contributed by atoms with E-state index in [1.165, 1.54) is 0 Å². The van der Waals surface area contributed by atoms with Gasteiger partial charge in [0, 0.05) is 67.7 Å². The third-order valence-electron chi connectivity index (χ3n) is 7.17. The Morgan fingerprint density at radius 1 is 1.22 bits per heavy atom. The molecule has 1 aliphatic heterocycles. The summed E-state index contributed by atoms with van der Waals surface area (Å²) in [5.74, 6) is 0.464. The number of fused-ring (bicyclic) bond motifs is 1. The van der Waals surface area contributed by atoms with Crippen molar-refractivity contribution in [2.45, 2.75) is 43.0 Å². The number of rotatable bonds is 9. The molecule has 176 valence electrons. The molecule has 2 aromatic rings. The normalized spacial score (nSPS) is 22.2. The first-order chi connectivity index (χ1) is 15.3. The highest BCUT2D eigenvalue weighted by molar-refractivity contribution is 7.89. The van der Waals surface area contributed by atoms with Crippen LogP contribution in [0.3, 0.4) is 0 Å². The molecule has 1 aliphatic carbocycles. The first-order valence-electron chi connectivity index (χ1n) is 11.5. The highest BCUT2D eigenvalue weighted by Gasteiger charge is 2.35. The molecule has 1 aromatic carbocycles. The number of likely N-dealkylation sites (N-methyl/N-ethyl adjacent to an activating group) is 1. The van der Waals surface area contributed by atoms with E-state index in [1.54, 1.807) is 23.7 Å². The molecule has 2 aliphatic rings. The summed E-state index contributed by atoms with van der Waals surface area (Å²) >= 11 is 0. The van der Waals surface area contributed by atoms with Crippen molar-refractivity contribution in [3.05, 3.63) is 30.6 Å². The van der Waals surface area contributed by atoms with Gasteiger partial charge >= 0.3 is 0 Å². The van der Waals surface area contributed by atoms with E-state index in [-0.39, 0.29) is 5.54 Å². The molecule has 32 heavy (non-hydrogen) atoms. The maximum atomic E-state index is 13.7. The van der Waals surface area contributed by atoms with Crippen molar-refractivity contribution in [3.63, 3.8) is 0 Å². The van der Waals surface area contributed by atoms with E-state index in [0.29, 0.717) is 30.5 Å². The fourth-order valence-electron chi connectivity index (χ4n) is 4.67. The molecule has 7 nitrogen and oxygen atoms in total. The van der Waals surface area contributed by atoms with Gasteiger partial charge in [-0.05, 0) is 70.8 Å². The second-order valence-corrected chi connectivity index (χ2v) is 11.6. The standard InChI is InChI=1S/C24H36N4O3S/c1-24(26(2)3)11-5-13-27(18-24)22-8-9-23(20-10-12-25-16-21(20)22)32(29,30)28(14-15-31-4)17-19-6-7-19/h8-10,12,16,19H,5-7,11,13-15,17-18H2,1-4H3. The smallest absolute Gasteiger partial charge is 0.243 e. The number of methoxy groups -OCH3 is 1. The lowest BCUT2D eigenvalue weighted by atomic mass is 9.89. The number of ether oxygens (including phenoxy) is 1. The van der Waals surface area contributed by atoms with Gasteiger partial charge in [0.1, 0.15) is 0 Å². The average Bonchev–Trinajstić information content (AvgIpc) is 3.60. The van der Waals surface area contributed by atoms with Gasteiger partial charge in [-0.2, -0.15) is 4.31 Å². The van der Waals surface area contributed by atoms with Gasteiger partial charge in [-0.1, -0.05) is 0 Å². The van der Waals surface area contributed by atoms with Gasteiger partial charge in [-0.15, -0.1) is 0 Å². The van der Waals surface area contributed by atoms with Crippen LogP contribution in [0.25, 0.3) is 10.8 Å². The molecule has 1 saturated heterocycles. The summed E-state index contributed by atoms with van der Waals surface area (Å²) in [6, 6.07) is 5.61. The van der Waals surface area contributed by atoms with Crippen molar-refractivity contribution in [3.8, 4) is 0 Å². The second-order valence-electron chi connectivity index (χ2n) is 9.72. The lowest BCUT2D eigenvalue weighted by molar-refractivity contribution is 0.147. The van der Waals surface area contributed by atoms with Gasteiger partial charge in [0.05, 0.1) is 11.5 Å². The Labute approximate surface area is 192 Å². The van der Waals surface area contributed by atoms with E-state index >= 15 is 0 Å². The zero-order valence-electron chi connectivity index (χ0n) is 19.7. The molecular weight excluding hydrogens is 424 g/mol. The number of piperidine rings is 1. The van der Waals surface area contributed by atoms with E-state index in [2.05, 4.69) is 35.8 Å². The lowest BCUT2D eigenvalue weighted by Gasteiger charge is -2.46. The maximum Gasteiger partial charge on any atom is 0.243 e. The number of benzene rings is 1. The first-order valence-corrected chi connectivity index (χ1v) is 13.0. The SMILES string of the molecule is COCCN(CC1CC1)S(=O)(=O)c1ccc(N2CCCC(C)(N(C)C)C2)c2cnccc12. The van der Waals surface area contributed by atoms with Crippen LogP contribution >= 0.6 is 0 Å². The summed E-state index contributed by atoms with van der Waals surface area (Å²) in [5.41, 5.74) is 1.14. The summed E-state index contributed by atoms with van der Waals surface area (Å²) in [5, 5.41) is 1.64. The van der Waals surface area contributed by atoms with E-state index in [9.17, 15) is 8.42 Å². The highest BCUT2D eigenvalue weighted by Crippen LogP contribution is 2.37. The van der Waals surface area contributed by atoms with E-state index in [0.717, 1.165) is 55.2 Å². The number of anilines is 1. The minimum absolute atomic E-state index is 0.0821. The predicted molar refractivity (Wildman–Crippen MR) is 129 cm³/mol. The van der Waals surface area contributed by atoms with Crippen molar-refractivity contribution < 1.29 is 13.2 Å². The van der Waals surface area contributed by atoms with Crippen LogP contribution in [0.1, 0.15) is 32.6 Å². The third-order valence-corrected chi connectivity index (χ3v) is 9.09. The Bertz CT molecular complexity index is 1050. The number of sulfonamides is 1. The van der Waals surface area contributed by atoms with Crippen molar-refractivity contribution in [1.82, 2.24) is 14.2 Å². The topological polar surface area (TPSA) is 66.0 Å². The summed E-state index contributed by atoms with van der Waals surface area (Å²) in [7, 11) is 2.23. The first kappa shape index (κ1) is 23.4. The van der Waals surface area contributed by atoms with Crippen LogP contribution in [0.15, 0.2) is 35.5 Å². The Morgan fingerprint density at radius 3 is 2.69 bits per heavy atom. The summed E-state index contributed by atoms with van der Waals surface area (Å²) in [6.45, 7) is 5.48. The zero-order chi connectivity index (χ0) is 22.9. The molecule has 0 bridgehead atoms. The minimum Gasteiger partial charge on any atom is -0.383 e. The quantitative estimate of drug-likeness (QED) is 0.573. The number of hydrogen-bond acceptors (Lipinski definition) is 6. The number of pyridine rings is 1. The molecule has 1 saturated carbocycles.